The van der Waals surface area contributed by atoms with E-state index in [0.29, 0.717) is 18.8 Å². The Morgan fingerprint density at radius 2 is 2.35 bits per heavy atom. The summed E-state index contributed by atoms with van der Waals surface area (Å²) in [5.41, 5.74) is 8.23. The van der Waals surface area contributed by atoms with Gasteiger partial charge in [-0.1, -0.05) is 22.0 Å². The molecule has 1 aliphatic heterocycles. The molecule has 0 unspecified atom stereocenters. The van der Waals surface area contributed by atoms with Crippen LogP contribution in [0.4, 0.5) is 5.69 Å². The van der Waals surface area contributed by atoms with Gasteiger partial charge in [-0.3, -0.25) is 4.79 Å². The molecule has 2 aromatic rings. The summed E-state index contributed by atoms with van der Waals surface area (Å²) in [4.78, 5) is 18.7. The van der Waals surface area contributed by atoms with Crippen LogP contribution in [0.15, 0.2) is 28.1 Å². The van der Waals surface area contributed by atoms with E-state index in [-0.39, 0.29) is 5.91 Å². The largest absolute Gasteiger partial charge is 0.330 e. The molecule has 1 aromatic carbocycles. The van der Waals surface area contributed by atoms with Crippen LogP contribution in [0.25, 0.3) is 0 Å². The lowest BCUT2D eigenvalue weighted by Crippen LogP contribution is -2.29. The van der Waals surface area contributed by atoms with E-state index in [2.05, 4.69) is 27.0 Å². The van der Waals surface area contributed by atoms with E-state index in [0.717, 1.165) is 28.0 Å². The molecule has 104 valence electrons. The predicted molar refractivity (Wildman–Crippen MR) is 84.4 cm³/mol. The fourth-order valence-electron chi connectivity index (χ4n) is 2.35. The van der Waals surface area contributed by atoms with Crippen molar-refractivity contribution in [2.75, 3.05) is 18.0 Å². The van der Waals surface area contributed by atoms with Gasteiger partial charge in [-0.2, -0.15) is 0 Å². The third-order valence-corrected chi connectivity index (χ3v) is 4.72. The number of nitrogens with zero attached hydrogens (tertiary/aromatic N) is 2. The van der Waals surface area contributed by atoms with Gasteiger partial charge >= 0.3 is 0 Å². The predicted octanol–water partition coefficient (Wildman–Crippen LogP) is 2.61. The maximum absolute atomic E-state index is 12.6. The normalized spacial score (nSPS) is 13.6. The highest BCUT2D eigenvalue weighted by Gasteiger charge is 2.27. The van der Waals surface area contributed by atoms with Crippen molar-refractivity contribution in [3.8, 4) is 0 Å². The van der Waals surface area contributed by atoms with Gasteiger partial charge in [0.05, 0.1) is 5.01 Å². The summed E-state index contributed by atoms with van der Waals surface area (Å²) in [6, 6.07) is 6.07. The minimum absolute atomic E-state index is 0.0265. The Hall–Kier alpha value is -1.24. The number of hydrogen-bond donors (Lipinski definition) is 1. The molecular weight excluding hydrogens is 338 g/mol. The van der Waals surface area contributed by atoms with Crippen molar-refractivity contribution in [2.45, 2.75) is 12.8 Å². The maximum Gasteiger partial charge on any atom is 0.277 e. The SMILES string of the molecule is NCCc1nc(C(=O)N2CCc3ccc(Br)cc32)cs1. The molecule has 1 aliphatic rings. The van der Waals surface area contributed by atoms with E-state index in [1.807, 2.05) is 17.5 Å². The van der Waals surface area contributed by atoms with Crippen LogP contribution in [0.5, 0.6) is 0 Å². The first-order chi connectivity index (χ1) is 9.69. The lowest BCUT2D eigenvalue weighted by atomic mass is 10.2. The Morgan fingerprint density at radius 3 is 3.15 bits per heavy atom. The molecule has 0 bridgehead atoms. The lowest BCUT2D eigenvalue weighted by Gasteiger charge is -2.16. The highest BCUT2D eigenvalue weighted by molar-refractivity contribution is 9.10. The average molecular weight is 352 g/mol. The summed E-state index contributed by atoms with van der Waals surface area (Å²) in [5.74, 6) is -0.0265. The third kappa shape index (κ3) is 2.51. The molecule has 0 saturated carbocycles. The number of rotatable bonds is 3. The van der Waals surface area contributed by atoms with E-state index < -0.39 is 0 Å². The van der Waals surface area contributed by atoms with Crippen LogP contribution < -0.4 is 10.6 Å². The third-order valence-electron chi connectivity index (χ3n) is 3.32. The van der Waals surface area contributed by atoms with Gasteiger partial charge in [-0.25, -0.2) is 4.98 Å². The van der Waals surface area contributed by atoms with Gasteiger partial charge in [0.15, 0.2) is 0 Å². The second-order valence-electron chi connectivity index (χ2n) is 4.64. The zero-order chi connectivity index (χ0) is 14.1. The summed E-state index contributed by atoms with van der Waals surface area (Å²) < 4.78 is 0.984. The first-order valence-electron chi connectivity index (χ1n) is 6.44. The number of amides is 1. The minimum Gasteiger partial charge on any atom is -0.330 e. The molecule has 6 heteroatoms. The Bertz CT molecular complexity index is 656. The molecule has 0 radical (unpaired) electrons. The van der Waals surface area contributed by atoms with Crippen molar-refractivity contribution in [1.82, 2.24) is 4.98 Å². The maximum atomic E-state index is 12.6. The summed E-state index contributed by atoms with van der Waals surface area (Å²) in [5, 5.41) is 2.74. The molecule has 20 heavy (non-hydrogen) atoms. The Kier molecular flexibility index (Phi) is 3.87. The van der Waals surface area contributed by atoms with Gasteiger partial charge in [-0.05, 0) is 30.7 Å². The van der Waals surface area contributed by atoms with Crippen LogP contribution >= 0.6 is 27.3 Å². The van der Waals surface area contributed by atoms with Crippen molar-refractivity contribution in [3.63, 3.8) is 0 Å². The summed E-state index contributed by atoms with van der Waals surface area (Å²) in [6.07, 6.45) is 1.62. The van der Waals surface area contributed by atoms with Crippen molar-refractivity contribution in [3.05, 3.63) is 44.3 Å². The van der Waals surface area contributed by atoms with Crippen LogP contribution in [-0.4, -0.2) is 24.0 Å². The zero-order valence-electron chi connectivity index (χ0n) is 10.8. The number of halogens is 1. The van der Waals surface area contributed by atoms with Crippen LogP contribution in [0, 0.1) is 0 Å². The number of benzene rings is 1. The van der Waals surface area contributed by atoms with Crippen molar-refractivity contribution >= 4 is 38.9 Å². The van der Waals surface area contributed by atoms with Gasteiger partial charge in [0, 0.05) is 28.5 Å². The fourth-order valence-corrected chi connectivity index (χ4v) is 3.49. The lowest BCUT2D eigenvalue weighted by molar-refractivity contribution is 0.0985. The second-order valence-corrected chi connectivity index (χ2v) is 6.50. The smallest absolute Gasteiger partial charge is 0.277 e. The molecule has 0 saturated heterocycles. The van der Waals surface area contributed by atoms with E-state index in [1.54, 1.807) is 4.90 Å². The molecule has 0 fully saturated rings. The number of fused-ring (bicyclic) bond motifs is 1. The molecule has 2 N–H and O–H groups in total. The number of nitrogens with two attached hydrogens (primary N) is 1. The van der Waals surface area contributed by atoms with Gasteiger partial charge in [-0.15, -0.1) is 11.3 Å². The topological polar surface area (TPSA) is 59.2 Å². The van der Waals surface area contributed by atoms with Gasteiger partial charge in [0.25, 0.3) is 5.91 Å². The minimum atomic E-state index is -0.0265. The number of hydrogen-bond acceptors (Lipinski definition) is 4. The van der Waals surface area contributed by atoms with E-state index in [1.165, 1.54) is 16.9 Å². The molecule has 2 heterocycles. The van der Waals surface area contributed by atoms with Crippen LogP contribution in [0.1, 0.15) is 21.1 Å². The van der Waals surface area contributed by atoms with E-state index >= 15 is 0 Å². The van der Waals surface area contributed by atoms with E-state index in [4.69, 9.17) is 5.73 Å². The molecule has 0 spiro atoms. The van der Waals surface area contributed by atoms with Gasteiger partial charge in [0.1, 0.15) is 5.69 Å². The molecule has 1 aromatic heterocycles. The Labute approximate surface area is 129 Å². The molecule has 1 amide bonds. The first-order valence-corrected chi connectivity index (χ1v) is 8.11. The quantitative estimate of drug-likeness (QED) is 0.924. The monoisotopic (exact) mass is 351 g/mol. The highest BCUT2D eigenvalue weighted by Crippen LogP contribution is 2.32. The highest BCUT2D eigenvalue weighted by atomic mass is 79.9. The Balaban J connectivity index is 1.87. The number of anilines is 1. The molecule has 4 nitrogen and oxygen atoms in total. The summed E-state index contributed by atoms with van der Waals surface area (Å²) in [7, 11) is 0. The Morgan fingerprint density at radius 1 is 1.50 bits per heavy atom. The summed E-state index contributed by atoms with van der Waals surface area (Å²) in [6.45, 7) is 1.27. The summed E-state index contributed by atoms with van der Waals surface area (Å²) >= 11 is 4.95. The van der Waals surface area contributed by atoms with Gasteiger partial charge < -0.3 is 10.6 Å². The second kappa shape index (κ2) is 5.63. The fraction of sp³-hybridized carbons (Fsp3) is 0.286. The van der Waals surface area contributed by atoms with Gasteiger partial charge in [0.2, 0.25) is 0 Å². The van der Waals surface area contributed by atoms with Crippen LogP contribution in [-0.2, 0) is 12.8 Å². The number of thiazole rings is 1. The van der Waals surface area contributed by atoms with Crippen molar-refractivity contribution in [1.29, 1.82) is 0 Å². The molecular formula is C14H14BrN3OS. The molecule has 0 atom stereocenters. The van der Waals surface area contributed by atoms with Crippen LogP contribution in [0.3, 0.4) is 0 Å². The molecule has 0 aliphatic carbocycles. The first kappa shape index (κ1) is 13.7. The van der Waals surface area contributed by atoms with Crippen molar-refractivity contribution in [2.24, 2.45) is 5.73 Å². The number of carbonyl (C=O) groups excluding carboxylic acids is 1. The van der Waals surface area contributed by atoms with Crippen molar-refractivity contribution < 1.29 is 4.79 Å². The van der Waals surface area contributed by atoms with Crippen LogP contribution in [0.2, 0.25) is 0 Å². The number of aromatic nitrogens is 1. The standard InChI is InChI=1S/C14H14BrN3OS/c15-10-2-1-9-4-6-18(12(9)7-10)14(19)11-8-20-13(17-11)3-5-16/h1-2,7-8H,3-6,16H2. The average Bonchev–Trinajstić information content (AvgIpc) is 3.05. The van der Waals surface area contributed by atoms with E-state index in [9.17, 15) is 4.79 Å². The number of carbonyl (C=O) groups is 1. The zero-order valence-corrected chi connectivity index (χ0v) is 13.2. The molecule has 3 rings (SSSR count).